The monoisotopic (exact) mass is 509 g/mol. The van der Waals surface area contributed by atoms with Gasteiger partial charge in [0.2, 0.25) is 0 Å². The first-order valence-electron chi connectivity index (χ1n) is 9.85. The molecule has 5 nitrogen and oxygen atoms in total. The van der Waals surface area contributed by atoms with Crippen molar-refractivity contribution in [3.63, 3.8) is 0 Å². The molecule has 1 heterocycles. The molecule has 0 aliphatic carbocycles. The van der Waals surface area contributed by atoms with Gasteiger partial charge >= 0.3 is 5.97 Å². The van der Waals surface area contributed by atoms with Crippen LogP contribution in [0.5, 0.6) is 0 Å². The molecule has 162 valence electrons. The minimum Gasteiger partial charge on any atom is -0.465 e. The fourth-order valence-corrected chi connectivity index (χ4v) is 4.63. The fraction of sp³-hybridized carbons (Fsp3) is 0.120. The van der Waals surface area contributed by atoms with E-state index in [-0.39, 0.29) is 11.9 Å². The normalized spacial score (nSPS) is 10.8. The van der Waals surface area contributed by atoms with E-state index in [1.807, 2.05) is 61.5 Å². The number of fused-ring (bicyclic) bond motifs is 1. The Bertz CT molecular complexity index is 1300. The second kappa shape index (κ2) is 9.63. The minimum atomic E-state index is -0.356. The molecule has 4 aromatic rings. The van der Waals surface area contributed by atoms with Crippen LogP contribution in [0.1, 0.15) is 32.0 Å². The standard InChI is InChI=1S/C25H20BrNO4S/c1-15-19-13-18(26)11-12-21(19)31-23(15)24(28)27-20-5-3-4-6-22(20)32-14-16-7-9-17(10-8-16)25(29)30-2/h3-13H,14H2,1-2H3,(H,27,28). The van der Waals surface area contributed by atoms with Gasteiger partial charge in [0.05, 0.1) is 18.4 Å². The number of halogens is 1. The number of hydrogen-bond donors (Lipinski definition) is 1. The lowest BCUT2D eigenvalue weighted by Crippen LogP contribution is -2.12. The van der Waals surface area contributed by atoms with Crippen molar-refractivity contribution in [1.82, 2.24) is 0 Å². The molecule has 0 saturated heterocycles. The summed E-state index contributed by atoms with van der Waals surface area (Å²) in [4.78, 5) is 25.5. The van der Waals surface area contributed by atoms with Crippen molar-refractivity contribution in [2.75, 3.05) is 12.4 Å². The third-order valence-corrected chi connectivity index (χ3v) is 6.65. The van der Waals surface area contributed by atoms with Crippen molar-refractivity contribution in [3.05, 3.63) is 93.7 Å². The fourth-order valence-electron chi connectivity index (χ4n) is 3.30. The number of esters is 1. The van der Waals surface area contributed by atoms with Gasteiger partial charge in [0.25, 0.3) is 5.91 Å². The van der Waals surface area contributed by atoms with Crippen molar-refractivity contribution in [2.24, 2.45) is 0 Å². The van der Waals surface area contributed by atoms with Crippen LogP contribution in [0, 0.1) is 6.92 Å². The smallest absolute Gasteiger partial charge is 0.337 e. The predicted octanol–water partition coefficient (Wildman–Crippen LogP) is 6.83. The van der Waals surface area contributed by atoms with Crippen LogP contribution < -0.4 is 5.32 Å². The van der Waals surface area contributed by atoms with Gasteiger partial charge in [-0.15, -0.1) is 11.8 Å². The summed E-state index contributed by atoms with van der Waals surface area (Å²) in [7, 11) is 1.36. The van der Waals surface area contributed by atoms with Gasteiger partial charge in [-0.1, -0.05) is 40.2 Å². The molecule has 0 bridgehead atoms. The van der Waals surface area contributed by atoms with E-state index in [0.29, 0.717) is 22.7 Å². The molecule has 7 heteroatoms. The highest BCUT2D eigenvalue weighted by Crippen LogP contribution is 2.32. The number of aryl methyl sites for hydroxylation is 1. The van der Waals surface area contributed by atoms with Gasteiger partial charge in [-0.05, 0) is 55.0 Å². The number of carbonyl (C=O) groups is 2. The molecule has 0 atom stereocenters. The summed E-state index contributed by atoms with van der Waals surface area (Å²) in [6.45, 7) is 1.88. The van der Waals surface area contributed by atoms with Gasteiger partial charge < -0.3 is 14.5 Å². The average molecular weight is 510 g/mol. The SMILES string of the molecule is COC(=O)c1ccc(CSc2ccccc2NC(=O)c2oc3ccc(Br)cc3c2C)cc1. The summed E-state index contributed by atoms with van der Waals surface area (Å²) < 4.78 is 11.5. The van der Waals surface area contributed by atoms with Gasteiger partial charge in [0.15, 0.2) is 5.76 Å². The second-order valence-electron chi connectivity index (χ2n) is 7.12. The molecular formula is C25H20BrNO4S. The van der Waals surface area contributed by atoms with Crippen LogP contribution in [0.25, 0.3) is 11.0 Å². The van der Waals surface area contributed by atoms with Crippen LogP contribution in [-0.2, 0) is 10.5 Å². The van der Waals surface area contributed by atoms with E-state index < -0.39 is 0 Å². The Morgan fingerprint density at radius 3 is 2.56 bits per heavy atom. The van der Waals surface area contributed by atoms with E-state index >= 15 is 0 Å². The highest BCUT2D eigenvalue weighted by atomic mass is 79.9. The van der Waals surface area contributed by atoms with Crippen molar-refractivity contribution < 1.29 is 18.7 Å². The zero-order chi connectivity index (χ0) is 22.7. The first kappa shape index (κ1) is 22.2. The van der Waals surface area contributed by atoms with Crippen LogP contribution in [0.2, 0.25) is 0 Å². The topological polar surface area (TPSA) is 68.5 Å². The quantitative estimate of drug-likeness (QED) is 0.227. The highest BCUT2D eigenvalue weighted by Gasteiger charge is 2.19. The number of hydrogen-bond acceptors (Lipinski definition) is 5. The molecule has 0 aliphatic rings. The summed E-state index contributed by atoms with van der Waals surface area (Å²) in [5.74, 6) is 0.346. The van der Waals surface area contributed by atoms with E-state index in [0.717, 1.165) is 31.6 Å². The third-order valence-electron chi connectivity index (χ3n) is 5.01. The van der Waals surface area contributed by atoms with Gasteiger partial charge in [0, 0.05) is 26.1 Å². The number of nitrogens with one attached hydrogen (secondary N) is 1. The molecular weight excluding hydrogens is 490 g/mol. The molecule has 1 aromatic heterocycles. The molecule has 0 spiro atoms. The van der Waals surface area contributed by atoms with Crippen molar-refractivity contribution >= 4 is 56.2 Å². The zero-order valence-electron chi connectivity index (χ0n) is 17.5. The Morgan fingerprint density at radius 2 is 1.81 bits per heavy atom. The van der Waals surface area contributed by atoms with Crippen molar-refractivity contribution in [3.8, 4) is 0 Å². The van der Waals surface area contributed by atoms with Gasteiger partial charge in [0.1, 0.15) is 5.58 Å². The van der Waals surface area contributed by atoms with Crippen LogP contribution in [0.3, 0.4) is 0 Å². The third kappa shape index (κ3) is 4.74. The number of furan rings is 1. The molecule has 32 heavy (non-hydrogen) atoms. The Labute approximate surface area is 198 Å². The lowest BCUT2D eigenvalue weighted by atomic mass is 10.1. The number of methoxy groups -OCH3 is 1. The number of rotatable bonds is 6. The molecule has 0 radical (unpaired) electrons. The van der Waals surface area contributed by atoms with Crippen LogP contribution >= 0.6 is 27.7 Å². The zero-order valence-corrected chi connectivity index (χ0v) is 19.9. The molecule has 0 unspecified atom stereocenters. The maximum atomic E-state index is 13.0. The van der Waals surface area contributed by atoms with E-state index in [1.165, 1.54) is 7.11 Å². The van der Waals surface area contributed by atoms with E-state index in [9.17, 15) is 9.59 Å². The summed E-state index contributed by atoms with van der Waals surface area (Å²) >= 11 is 5.06. The number of carbonyl (C=O) groups excluding carboxylic acids is 2. The molecule has 3 aromatic carbocycles. The number of amides is 1. The molecule has 1 N–H and O–H groups in total. The Kier molecular flexibility index (Phi) is 6.67. The molecule has 0 saturated carbocycles. The maximum absolute atomic E-state index is 13.0. The summed E-state index contributed by atoms with van der Waals surface area (Å²) in [6.07, 6.45) is 0. The molecule has 4 rings (SSSR count). The van der Waals surface area contributed by atoms with Gasteiger partial charge in [-0.2, -0.15) is 0 Å². The van der Waals surface area contributed by atoms with Crippen LogP contribution in [0.15, 0.2) is 80.5 Å². The molecule has 1 amide bonds. The number of benzene rings is 3. The predicted molar refractivity (Wildman–Crippen MR) is 130 cm³/mol. The highest BCUT2D eigenvalue weighted by molar-refractivity contribution is 9.10. The maximum Gasteiger partial charge on any atom is 0.337 e. The first-order chi connectivity index (χ1) is 15.5. The lowest BCUT2D eigenvalue weighted by Gasteiger charge is -2.10. The number of ether oxygens (including phenoxy) is 1. The summed E-state index contributed by atoms with van der Waals surface area (Å²) in [6, 6.07) is 20.6. The summed E-state index contributed by atoms with van der Waals surface area (Å²) in [5, 5.41) is 3.89. The largest absolute Gasteiger partial charge is 0.465 e. The van der Waals surface area contributed by atoms with Crippen molar-refractivity contribution in [1.29, 1.82) is 0 Å². The first-order valence-corrected chi connectivity index (χ1v) is 11.6. The number of thioether (sulfide) groups is 1. The second-order valence-corrected chi connectivity index (χ2v) is 9.06. The Morgan fingerprint density at radius 1 is 1.06 bits per heavy atom. The van der Waals surface area contributed by atoms with E-state index in [4.69, 9.17) is 9.15 Å². The minimum absolute atomic E-state index is 0.287. The number of para-hydroxylation sites is 1. The van der Waals surface area contributed by atoms with Gasteiger partial charge in [-0.3, -0.25) is 4.79 Å². The summed E-state index contributed by atoms with van der Waals surface area (Å²) in [5.41, 5.74) is 3.77. The van der Waals surface area contributed by atoms with Crippen molar-refractivity contribution in [2.45, 2.75) is 17.6 Å². The Balaban J connectivity index is 1.49. The average Bonchev–Trinajstić information content (AvgIpc) is 3.14. The lowest BCUT2D eigenvalue weighted by molar-refractivity contribution is 0.0600. The Hall–Kier alpha value is -3.03. The number of anilines is 1. The van der Waals surface area contributed by atoms with E-state index in [1.54, 1.807) is 23.9 Å². The molecule has 0 fully saturated rings. The van der Waals surface area contributed by atoms with Gasteiger partial charge in [-0.25, -0.2) is 4.79 Å². The van der Waals surface area contributed by atoms with Crippen LogP contribution in [0.4, 0.5) is 5.69 Å². The molecule has 0 aliphatic heterocycles. The van der Waals surface area contributed by atoms with Crippen LogP contribution in [-0.4, -0.2) is 19.0 Å². The van der Waals surface area contributed by atoms with E-state index in [2.05, 4.69) is 21.2 Å².